The van der Waals surface area contributed by atoms with Crippen LogP contribution in [0.15, 0.2) is 36.4 Å². The Bertz CT molecular complexity index is 2110. The zero-order chi connectivity index (χ0) is 48.0. The van der Waals surface area contributed by atoms with Crippen molar-refractivity contribution in [3.05, 3.63) is 53.3 Å². The molecule has 350 valence electrons. The van der Waals surface area contributed by atoms with Gasteiger partial charge in [0.05, 0.1) is 25.2 Å². The SMILES string of the molecule is C=[N+](C(=O)c1cc(C(=O)NC2CC(C(N)=O)N(C(=O)C(NC(=O)C(C)NC)C(C)(C)C)C2)nn1C)C1CC(C(=O)NC(C)c2ccccc2)N(C(=O)C(NC(=O)CNC)C(C)(C)C)C1. The topological polar surface area (TPSA) is 262 Å². The summed E-state index contributed by atoms with van der Waals surface area (Å²) in [5.41, 5.74) is 4.92. The molecule has 3 heterocycles. The molecule has 2 aromatic rings. The van der Waals surface area contributed by atoms with Crippen molar-refractivity contribution in [3.63, 3.8) is 0 Å². The second-order valence-corrected chi connectivity index (χ2v) is 18.9. The molecule has 1 aromatic heterocycles. The predicted octanol–water partition coefficient (Wildman–Crippen LogP) is -0.806. The van der Waals surface area contributed by atoms with Crippen molar-refractivity contribution in [2.45, 2.75) is 117 Å². The van der Waals surface area contributed by atoms with Gasteiger partial charge in [0.2, 0.25) is 35.4 Å². The smallest absolute Gasteiger partial charge is 0.368 e. The maximum absolute atomic E-state index is 14.4. The minimum atomic E-state index is -1.07. The molecule has 2 aliphatic rings. The van der Waals surface area contributed by atoms with Crippen LogP contribution in [-0.4, -0.2) is 154 Å². The summed E-state index contributed by atoms with van der Waals surface area (Å²) < 4.78 is 2.38. The molecule has 0 radical (unpaired) electrons. The number of rotatable bonds is 16. The number of aryl methyl sites for hydroxylation is 1. The highest BCUT2D eigenvalue weighted by Crippen LogP contribution is 2.29. The van der Waals surface area contributed by atoms with Crippen molar-refractivity contribution >= 4 is 54.0 Å². The largest absolute Gasteiger partial charge is 0.437 e. The van der Waals surface area contributed by atoms with E-state index in [1.165, 1.54) is 27.6 Å². The van der Waals surface area contributed by atoms with Crippen LogP contribution in [0.1, 0.15) is 101 Å². The van der Waals surface area contributed by atoms with E-state index < -0.39 is 106 Å². The van der Waals surface area contributed by atoms with Gasteiger partial charge in [-0.2, -0.15) is 9.67 Å². The lowest BCUT2D eigenvalue weighted by Gasteiger charge is -2.35. The van der Waals surface area contributed by atoms with E-state index in [-0.39, 0.29) is 43.9 Å². The summed E-state index contributed by atoms with van der Waals surface area (Å²) in [6.07, 6.45) is 0.0217. The maximum Gasteiger partial charge on any atom is 0.437 e. The van der Waals surface area contributed by atoms with E-state index in [0.29, 0.717) is 0 Å². The Morgan fingerprint density at radius 1 is 0.844 bits per heavy atom. The number of nitrogens with two attached hydrogens (primary N) is 1. The van der Waals surface area contributed by atoms with Gasteiger partial charge < -0.3 is 47.4 Å². The van der Waals surface area contributed by atoms with Gasteiger partial charge in [-0.3, -0.25) is 38.2 Å². The summed E-state index contributed by atoms with van der Waals surface area (Å²) in [6.45, 7) is 18.1. The van der Waals surface area contributed by atoms with Crippen LogP contribution in [0.4, 0.5) is 0 Å². The van der Waals surface area contributed by atoms with Crippen molar-refractivity contribution < 1.29 is 42.9 Å². The van der Waals surface area contributed by atoms with E-state index in [1.807, 2.05) is 37.3 Å². The minimum absolute atomic E-state index is 0.000828. The number of nitrogens with one attached hydrogen (secondary N) is 6. The predicted molar refractivity (Wildman–Crippen MR) is 238 cm³/mol. The van der Waals surface area contributed by atoms with Crippen molar-refractivity contribution in [3.8, 4) is 0 Å². The first-order valence-electron chi connectivity index (χ1n) is 21.5. The van der Waals surface area contributed by atoms with Gasteiger partial charge in [-0.05, 0) is 50.8 Å². The number of aromatic nitrogens is 2. The molecule has 20 nitrogen and oxygen atoms in total. The lowest BCUT2D eigenvalue weighted by Crippen LogP contribution is -2.59. The first kappa shape index (κ1) is 50.6. The Morgan fingerprint density at radius 2 is 1.42 bits per heavy atom. The molecule has 0 saturated carbocycles. The van der Waals surface area contributed by atoms with Crippen LogP contribution in [0, 0.1) is 10.8 Å². The second kappa shape index (κ2) is 20.7. The number of likely N-dealkylation sites (tertiary alicyclic amines) is 2. The molecule has 2 fully saturated rings. The van der Waals surface area contributed by atoms with Gasteiger partial charge in [0.25, 0.3) is 5.91 Å². The second-order valence-electron chi connectivity index (χ2n) is 18.9. The van der Waals surface area contributed by atoms with Gasteiger partial charge >= 0.3 is 5.91 Å². The maximum atomic E-state index is 14.4. The van der Waals surface area contributed by atoms with Crippen LogP contribution >= 0.6 is 0 Å². The molecule has 4 rings (SSSR count). The monoisotopic (exact) mass is 892 g/mol. The third-order valence-electron chi connectivity index (χ3n) is 11.8. The van der Waals surface area contributed by atoms with Gasteiger partial charge in [-0.25, -0.2) is 4.79 Å². The molecule has 20 heteroatoms. The van der Waals surface area contributed by atoms with Crippen molar-refractivity contribution in [1.29, 1.82) is 0 Å². The normalized spacial score (nSPS) is 20.7. The number of hydrogen-bond donors (Lipinski definition) is 7. The van der Waals surface area contributed by atoms with Gasteiger partial charge in [0, 0.05) is 32.1 Å². The molecule has 8 atom stereocenters. The van der Waals surface area contributed by atoms with Crippen LogP contribution in [0.2, 0.25) is 0 Å². The Kier molecular flexibility index (Phi) is 16.3. The Balaban J connectivity index is 1.54. The number of carbonyl (C=O) groups is 8. The fourth-order valence-corrected chi connectivity index (χ4v) is 7.87. The van der Waals surface area contributed by atoms with E-state index >= 15 is 0 Å². The van der Waals surface area contributed by atoms with E-state index in [2.05, 4.69) is 43.7 Å². The molecule has 0 aliphatic carbocycles. The van der Waals surface area contributed by atoms with Gasteiger partial charge in [0.15, 0.2) is 17.4 Å². The number of amides is 8. The number of benzene rings is 1. The fourth-order valence-electron chi connectivity index (χ4n) is 7.87. The molecule has 2 aliphatic heterocycles. The highest BCUT2D eigenvalue weighted by atomic mass is 16.2. The molecular weight excluding hydrogens is 825 g/mol. The Hall–Kier alpha value is -6.02. The summed E-state index contributed by atoms with van der Waals surface area (Å²) in [5, 5.41) is 21.3. The number of nitrogens with zero attached hydrogens (tertiary/aromatic N) is 5. The van der Waals surface area contributed by atoms with Crippen LogP contribution < -0.4 is 37.6 Å². The molecule has 0 spiro atoms. The quantitative estimate of drug-likeness (QED) is 0.0811. The highest BCUT2D eigenvalue weighted by molar-refractivity contribution is 5.97. The third kappa shape index (κ3) is 12.0. The van der Waals surface area contributed by atoms with Crippen LogP contribution in [-0.2, 0) is 35.8 Å². The summed E-state index contributed by atoms with van der Waals surface area (Å²) >= 11 is 0. The summed E-state index contributed by atoms with van der Waals surface area (Å²) in [4.78, 5) is 111. The van der Waals surface area contributed by atoms with Crippen molar-refractivity contribution in [1.82, 2.24) is 51.5 Å². The van der Waals surface area contributed by atoms with E-state index in [0.717, 1.165) is 10.1 Å². The number of likely N-dealkylation sites (N-methyl/N-ethyl adjacent to an activating group) is 2. The number of primary amides is 1. The van der Waals surface area contributed by atoms with Crippen LogP contribution in [0.25, 0.3) is 0 Å². The van der Waals surface area contributed by atoms with E-state index in [9.17, 15) is 38.4 Å². The molecule has 2 saturated heterocycles. The molecule has 8 unspecified atom stereocenters. The van der Waals surface area contributed by atoms with Gasteiger partial charge in [-0.1, -0.05) is 71.9 Å². The van der Waals surface area contributed by atoms with E-state index in [4.69, 9.17) is 5.73 Å². The van der Waals surface area contributed by atoms with Gasteiger partial charge in [0.1, 0.15) is 30.9 Å². The summed E-state index contributed by atoms with van der Waals surface area (Å²) in [6, 6.07) is 3.95. The van der Waals surface area contributed by atoms with Crippen LogP contribution in [0.5, 0.6) is 0 Å². The van der Waals surface area contributed by atoms with E-state index in [1.54, 1.807) is 62.6 Å². The van der Waals surface area contributed by atoms with Gasteiger partial charge in [-0.15, -0.1) is 0 Å². The number of hydrogen-bond acceptors (Lipinski definition) is 11. The third-order valence-corrected chi connectivity index (χ3v) is 11.8. The molecule has 64 heavy (non-hydrogen) atoms. The molecule has 1 aromatic carbocycles. The lowest BCUT2D eigenvalue weighted by atomic mass is 9.85. The molecule has 8 amide bonds. The molecule has 8 N–H and O–H groups in total. The average molecular weight is 892 g/mol. The zero-order valence-electron chi connectivity index (χ0n) is 38.9. The average Bonchev–Trinajstić information content (AvgIpc) is 3.97. The first-order valence-corrected chi connectivity index (χ1v) is 21.5. The van der Waals surface area contributed by atoms with Crippen molar-refractivity contribution in [2.24, 2.45) is 23.6 Å². The summed E-state index contributed by atoms with van der Waals surface area (Å²) in [5.74, 6) is -4.41. The fraction of sp³-hybridized carbons (Fsp3) is 0.591. The highest BCUT2D eigenvalue weighted by Gasteiger charge is 2.50. The lowest BCUT2D eigenvalue weighted by molar-refractivity contribution is -0.459. The Morgan fingerprint density at radius 3 is 1.97 bits per heavy atom. The first-order chi connectivity index (χ1) is 29.8. The zero-order valence-corrected chi connectivity index (χ0v) is 38.9. The molecule has 0 bridgehead atoms. The standard InChI is InChI=1S/C44H66N12O8/c1-24(26-16-14-13-15-17-26)48-39(61)31-19-28(23-56(31)41(63)34(43(3,4)5)50-33(57)21-46-9)53(11)40(62)32-20-29(52-54(32)12)38(60)49-27-18-30(36(45)58)55(22-27)42(64)35(44(6,7)8)51-37(59)25(2)47-10/h13-17,20,24-25,27-28,30-31,34-35,46-47H,11,18-19,21-23H2,1-10,12H3,(H5-,45,48,49,50,51,57,58,59,60,61)/p+1. The Labute approximate surface area is 374 Å². The van der Waals surface area contributed by atoms with Crippen molar-refractivity contribution in [2.75, 3.05) is 33.7 Å². The summed E-state index contributed by atoms with van der Waals surface area (Å²) in [7, 11) is 4.70. The van der Waals surface area contributed by atoms with Crippen LogP contribution in [0.3, 0.4) is 0 Å². The number of carbonyl (C=O) groups excluding carboxylic acids is 8. The molecular formula is C44H67N12O8+. The minimum Gasteiger partial charge on any atom is -0.368 e.